The predicted molar refractivity (Wildman–Crippen MR) is 110 cm³/mol. The Morgan fingerprint density at radius 3 is 2.50 bits per heavy atom. The number of hydrogen-bond donors (Lipinski definition) is 0. The summed E-state index contributed by atoms with van der Waals surface area (Å²) in [6, 6.07) is 14.1. The molecule has 1 amide bonds. The van der Waals surface area contributed by atoms with Gasteiger partial charge in [0.15, 0.2) is 0 Å². The quantitative estimate of drug-likeness (QED) is 0.690. The third kappa shape index (κ3) is 3.38. The van der Waals surface area contributed by atoms with Crippen molar-refractivity contribution in [3.63, 3.8) is 0 Å². The second-order valence-corrected chi connectivity index (χ2v) is 7.57. The summed E-state index contributed by atoms with van der Waals surface area (Å²) in [6.07, 6.45) is 0.383. The van der Waals surface area contributed by atoms with Crippen LogP contribution in [0, 0.1) is 13.8 Å². The van der Waals surface area contributed by atoms with Crippen molar-refractivity contribution in [2.24, 2.45) is 0 Å². The van der Waals surface area contributed by atoms with Crippen molar-refractivity contribution in [2.45, 2.75) is 26.2 Å². The van der Waals surface area contributed by atoms with Gasteiger partial charge in [-0.1, -0.05) is 11.2 Å². The van der Waals surface area contributed by atoms with Crippen LogP contribution in [0.15, 0.2) is 47.0 Å². The fourth-order valence-electron chi connectivity index (χ4n) is 3.44. The van der Waals surface area contributed by atoms with Crippen molar-refractivity contribution in [3.05, 3.63) is 59.5 Å². The van der Waals surface area contributed by atoms with E-state index < -0.39 is 0 Å². The molecule has 3 aromatic rings. The van der Waals surface area contributed by atoms with Crippen LogP contribution >= 0.6 is 0 Å². The molecular weight excluding hydrogens is 352 g/mol. The van der Waals surface area contributed by atoms with Crippen molar-refractivity contribution in [1.82, 2.24) is 10.1 Å². The number of amides is 1. The first-order chi connectivity index (χ1) is 13.4. The number of aromatic nitrogens is 2. The van der Waals surface area contributed by atoms with Gasteiger partial charge in [-0.05, 0) is 61.4 Å². The minimum Gasteiger partial charge on any atom is -0.378 e. The van der Waals surface area contributed by atoms with Crippen molar-refractivity contribution < 1.29 is 9.32 Å². The lowest BCUT2D eigenvalue weighted by Gasteiger charge is -2.17. The zero-order valence-corrected chi connectivity index (χ0v) is 16.6. The minimum absolute atomic E-state index is 0.0864. The van der Waals surface area contributed by atoms with E-state index in [1.165, 1.54) is 11.1 Å². The highest BCUT2D eigenvalue weighted by Crippen LogP contribution is 2.32. The standard InChI is InChI=1S/C22H24N4O2/c1-14-5-8-19(11-15(14)2)26-13-17(12-20(26)27)22-23-21(24-28-22)16-6-9-18(10-7-16)25(3)4/h5-11,17H,12-13H2,1-4H3/t17-/m1/s1. The molecule has 4 rings (SSSR count). The van der Waals surface area contributed by atoms with Crippen molar-refractivity contribution in [3.8, 4) is 11.4 Å². The van der Waals surface area contributed by atoms with Crippen LogP contribution in [-0.2, 0) is 4.79 Å². The molecule has 1 aliphatic heterocycles. The molecule has 6 heteroatoms. The topological polar surface area (TPSA) is 62.5 Å². The Balaban J connectivity index is 1.53. The molecule has 2 aromatic carbocycles. The third-order valence-corrected chi connectivity index (χ3v) is 5.36. The normalized spacial score (nSPS) is 16.6. The SMILES string of the molecule is Cc1ccc(N2C[C@H](c3nc(-c4ccc(N(C)C)cc4)no3)CC2=O)cc1C. The van der Waals surface area contributed by atoms with E-state index in [-0.39, 0.29) is 11.8 Å². The molecule has 144 valence electrons. The number of benzene rings is 2. The second-order valence-electron chi connectivity index (χ2n) is 7.57. The predicted octanol–water partition coefficient (Wildman–Crippen LogP) is 3.94. The smallest absolute Gasteiger partial charge is 0.232 e. The van der Waals surface area contributed by atoms with E-state index >= 15 is 0 Å². The number of anilines is 2. The first-order valence-electron chi connectivity index (χ1n) is 9.41. The monoisotopic (exact) mass is 376 g/mol. The van der Waals surface area contributed by atoms with Gasteiger partial charge in [-0.15, -0.1) is 0 Å². The summed E-state index contributed by atoms with van der Waals surface area (Å²) in [5.41, 5.74) is 5.33. The van der Waals surface area contributed by atoms with Gasteiger partial charge < -0.3 is 14.3 Å². The Morgan fingerprint density at radius 1 is 1.07 bits per heavy atom. The molecule has 0 saturated carbocycles. The van der Waals surface area contributed by atoms with Crippen LogP contribution in [0.4, 0.5) is 11.4 Å². The summed E-state index contributed by atoms with van der Waals surface area (Å²) in [5, 5.41) is 4.12. The fourth-order valence-corrected chi connectivity index (χ4v) is 3.44. The maximum absolute atomic E-state index is 12.6. The molecule has 0 N–H and O–H groups in total. The van der Waals surface area contributed by atoms with Gasteiger partial charge in [0.05, 0.1) is 5.92 Å². The number of aryl methyl sites for hydroxylation is 2. The van der Waals surface area contributed by atoms with Crippen molar-refractivity contribution in [1.29, 1.82) is 0 Å². The third-order valence-electron chi connectivity index (χ3n) is 5.36. The summed E-state index contributed by atoms with van der Waals surface area (Å²) in [5.74, 6) is 1.07. The number of carbonyl (C=O) groups excluding carboxylic acids is 1. The number of carbonyl (C=O) groups is 1. The number of nitrogens with zero attached hydrogens (tertiary/aromatic N) is 4. The second kappa shape index (κ2) is 7.11. The summed E-state index contributed by atoms with van der Waals surface area (Å²) < 4.78 is 5.51. The van der Waals surface area contributed by atoms with E-state index in [1.54, 1.807) is 0 Å². The number of rotatable bonds is 4. The van der Waals surface area contributed by atoms with E-state index in [0.29, 0.717) is 24.7 Å². The molecule has 28 heavy (non-hydrogen) atoms. The van der Waals surface area contributed by atoms with Crippen LogP contribution in [-0.4, -0.2) is 36.7 Å². The summed E-state index contributed by atoms with van der Waals surface area (Å²) in [7, 11) is 4.00. The molecule has 1 atom stereocenters. The average molecular weight is 376 g/mol. The lowest BCUT2D eigenvalue weighted by atomic mass is 10.1. The van der Waals surface area contributed by atoms with E-state index in [1.807, 2.05) is 60.3 Å². The summed E-state index contributed by atoms with van der Waals surface area (Å²) in [4.78, 5) is 21.0. The highest BCUT2D eigenvalue weighted by atomic mass is 16.5. The van der Waals surface area contributed by atoms with Gasteiger partial charge in [0.25, 0.3) is 0 Å². The molecule has 0 aliphatic carbocycles. The van der Waals surface area contributed by atoms with E-state index in [2.05, 4.69) is 30.1 Å². The zero-order chi connectivity index (χ0) is 19.8. The molecule has 2 heterocycles. The van der Waals surface area contributed by atoms with Gasteiger partial charge in [-0.25, -0.2) is 0 Å². The Morgan fingerprint density at radius 2 is 1.82 bits per heavy atom. The fraction of sp³-hybridized carbons (Fsp3) is 0.318. The largest absolute Gasteiger partial charge is 0.378 e. The summed E-state index contributed by atoms with van der Waals surface area (Å²) >= 11 is 0. The highest BCUT2D eigenvalue weighted by molar-refractivity contribution is 5.96. The molecule has 0 unspecified atom stereocenters. The van der Waals surface area contributed by atoms with E-state index in [9.17, 15) is 4.79 Å². The van der Waals surface area contributed by atoms with E-state index in [4.69, 9.17) is 4.52 Å². The molecule has 0 bridgehead atoms. The van der Waals surface area contributed by atoms with Crippen LogP contribution in [0.5, 0.6) is 0 Å². The van der Waals surface area contributed by atoms with Gasteiger partial charge in [0.2, 0.25) is 17.6 Å². The molecular formula is C22H24N4O2. The Kier molecular flexibility index (Phi) is 4.63. The highest BCUT2D eigenvalue weighted by Gasteiger charge is 2.35. The number of hydrogen-bond acceptors (Lipinski definition) is 5. The van der Waals surface area contributed by atoms with Crippen molar-refractivity contribution >= 4 is 17.3 Å². The zero-order valence-electron chi connectivity index (χ0n) is 16.6. The van der Waals surface area contributed by atoms with Gasteiger partial charge in [-0.3, -0.25) is 4.79 Å². The first kappa shape index (κ1) is 18.2. The van der Waals surface area contributed by atoms with Gasteiger partial charge in [-0.2, -0.15) is 4.98 Å². The van der Waals surface area contributed by atoms with Gasteiger partial charge >= 0.3 is 0 Å². The molecule has 0 spiro atoms. The molecule has 1 aliphatic rings. The van der Waals surface area contributed by atoms with Crippen LogP contribution in [0.3, 0.4) is 0 Å². The Bertz CT molecular complexity index is 1010. The van der Waals surface area contributed by atoms with Crippen molar-refractivity contribution in [2.75, 3.05) is 30.4 Å². The Hall–Kier alpha value is -3.15. The molecule has 1 aromatic heterocycles. The van der Waals surface area contributed by atoms with Crippen LogP contribution in [0.1, 0.15) is 29.4 Å². The lowest BCUT2D eigenvalue weighted by Crippen LogP contribution is -2.24. The molecule has 6 nitrogen and oxygen atoms in total. The van der Waals surface area contributed by atoms with Gasteiger partial charge in [0.1, 0.15) is 0 Å². The maximum atomic E-state index is 12.6. The lowest BCUT2D eigenvalue weighted by molar-refractivity contribution is -0.117. The summed E-state index contributed by atoms with van der Waals surface area (Å²) in [6.45, 7) is 4.68. The minimum atomic E-state index is -0.0867. The molecule has 1 fully saturated rings. The average Bonchev–Trinajstić information content (AvgIpc) is 3.31. The molecule has 1 saturated heterocycles. The maximum Gasteiger partial charge on any atom is 0.232 e. The van der Waals surface area contributed by atoms with Crippen LogP contribution in [0.25, 0.3) is 11.4 Å². The van der Waals surface area contributed by atoms with E-state index in [0.717, 1.165) is 16.9 Å². The van der Waals surface area contributed by atoms with Crippen LogP contribution < -0.4 is 9.80 Å². The molecule has 0 radical (unpaired) electrons. The van der Waals surface area contributed by atoms with Gasteiger partial charge in [0, 0.05) is 44.0 Å². The van der Waals surface area contributed by atoms with Crippen LogP contribution in [0.2, 0.25) is 0 Å². The Labute approximate surface area is 164 Å². The first-order valence-corrected chi connectivity index (χ1v) is 9.41.